The van der Waals surface area contributed by atoms with E-state index in [0.29, 0.717) is 11.3 Å². The molecule has 0 amide bonds. The standard InChI is InChI=1S/C18H19NO8/c20-9-14-15(21)16(22)17(23)18(27-14)26-13-6-4-10(5-7-13)11-2-1-3-12(8-11)19(24)25/h1-8,14-18,20-23H,9H2/t14-,15-,16+,17+,18+/m1/s1. The van der Waals surface area contributed by atoms with Crippen LogP contribution in [-0.2, 0) is 4.74 Å². The zero-order valence-corrected chi connectivity index (χ0v) is 14.1. The summed E-state index contributed by atoms with van der Waals surface area (Å²) in [6.07, 6.45) is -6.81. The number of nitrogens with zero attached hydrogens (tertiary/aromatic N) is 1. The van der Waals surface area contributed by atoms with Gasteiger partial charge in [-0.1, -0.05) is 24.3 Å². The van der Waals surface area contributed by atoms with Gasteiger partial charge in [-0.05, 0) is 23.3 Å². The molecule has 27 heavy (non-hydrogen) atoms. The second kappa shape index (κ2) is 7.99. The molecule has 0 spiro atoms. The highest BCUT2D eigenvalue weighted by atomic mass is 16.7. The van der Waals surface area contributed by atoms with Crippen LogP contribution in [0.25, 0.3) is 11.1 Å². The molecule has 1 saturated heterocycles. The molecule has 0 radical (unpaired) electrons. The van der Waals surface area contributed by atoms with Crippen molar-refractivity contribution < 1.29 is 34.8 Å². The minimum Gasteiger partial charge on any atom is -0.462 e. The number of aliphatic hydroxyl groups excluding tert-OH is 4. The van der Waals surface area contributed by atoms with E-state index in [2.05, 4.69) is 0 Å². The highest BCUT2D eigenvalue weighted by Crippen LogP contribution is 2.28. The summed E-state index contributed by atoms with van der Waals surface area (Å²) >= 11 is 0. The molecule has 0 saturated carbocycles. The molecular weight excluding hydrogens is 358 g/mol. The molecule has 144 valence electrons. The Morgan fingerprint density at radius 2 is 1.70 bits per heavy atom. The third kappa shape index (κ3) is 4.07. The van der Waals surface area contributed by atoms with Gasteiger partial charge in [-0.3, -0.25) is 10.1 Å². The Kier molecular flexibility index (Phi) is 5.68. The van der Waals surface area contributed by atoms with E-state index in [-0.39, 0.29) is 5.69 Å². The van der Waals surface area contributed by atoms with Crippen LogP contribution in [0.5, 0.6) is 5.75 Å². The number of nitro benzene ring substituents is 1. The zero-order valence-electron chi connectivity index (χ0n) is 14.1. The number of benzene rings is 2. The zero-order chi connectivity index (χ0) is 19.6. The Bertz CT molecular complexity index is 794. The van der Waals surface area contributed by atoms with Crippen LogP contribution in [0.2, 0.25) is 0 Å². The quantitative estimate of drug-likeness (QED) is 0.434. The highest BCUT2D eigenvalue weighted by Gasteiger charge is 2.44. The molecule has 1 fully saturated rings. The largest absolute Gasteiger partial charge is 0.462 e. The van der Waals surface area contributed by atoms with Gasteiger partial charge in [0.1, 0.15) is 30.2 Å². The van der Waals surface area contributed by atoms with E-state index in [0.717, 1.165) is 5.56 Å². The van der Waals surface area contributed by atoms with Crippen LogP contribution in [0, 0.1) is 10.1 Å². The molecule has 0 aliphatic carbocycles. The number of rotatable bonds is 5. The van der Waals surface area contributed by atoms with E-state index < -0.39 is 42.2 Å². The lowest BCUT2D eigenvalue weighted by molar-refractivity contribution is -0.384. The third-order valence-electron chi connectivity index (χ3n) is 4.35. The van der Waals surface area contributed by atoms with Gasteiger partial charge >= 0.3 is 0 Å². The van der Waals surface area contributed by atoms with Gasteiger partial charge in [0.25, 0.3) is 5.69 Å². The van der Waals surface area contributed by atoms with Gasteiger partial charge in [0.15, 0.2) is 0 Å². The van der Waals surface area contributed by atoms with Crippen LogP contribution in [0.1, 0.15) is 0 Å². The molecule has 4 N–H and O–H groups in total. The molecule has 0 bridgehead atoms. The van der Waals surface area contributed by atoms with Crippen molar-refractivity contribution in [2.75, 3.05) is 6.61 Å². The summed E-state index contributed by atoms with van der Waals surface area (Å²) in [6, 6.07) is 12.7. The second-order valence-electron chi connectivity index (χ2n) is 6.15. The van der Waals surface area contributed by atoms with E-state index in [1.807, 2.05) is 0 Å². The van der Waals surface area contributed by atoms with Crippen LogP contribution < -0.4 is 4.74 Å². The maximum absolute atomic E-state index is 10.9. The number of hydrogen-bond acceptors (Lipinski definition) is 8. The van der Waals surface area contributed by atoms with E-state index in [4.69, 9.17) is 9.47 Å². The first kappa shape index (κ1) is 19.2. The lowest BCUT2D eigenvalue weighted by Gasteiger charge is -2.39. The molecule has 1 aliphatic heterocycles. The fourth-order valence-electron chi connectivity index (χ4n) is 2.82. The first-order chi connectivity index (χ1) is 12.9. The highest BCUT2D eigenvalue weighted by molar-refractivity contribution is 5.66. The van der Waals surface area contributed by atoms with Crippen molar-refractivity contribution in [3.8, 4) is 16.9 Å². The molecule has 5 atom stereocenters. The van der Waals surface area contributed by atoms with Gasteiger partial charge < -0.3 is 29.9 Å². The summed E-state index contributed by atoms with van der Waals surface area (Å²) in [5.74, 6) is 0.313. The minimum atomic E-state index is -1.52. The van der Waals surface area contributed by atoms with E-state index in [9.17, 15) is 30.5 Å². The van der Waals surface area contributed by atoms with Gasteiger partial charge in [0.05, 0.1) is 11.5 Å². The Morgan fingerprint density at radius 3 is 2.33 bits per heavy atom. The molecule has 0 aromatic heterocycles. The van der Waals surface area contributed by atoms with E-state index >= 15 is 0 Å². The molecule has 1 aliphatic rings. The first-order valence-corrected chi connectivity index (χ1v) is 8.23. The van der Waals surface area contributed by atoms with Crippen LogP contribution in [-0.4, -0.2) is 62.7 Å². The number of aliphatic hydroxyl groups is 4. The summed E-state index contributed by atoms with van der Waals surface area (Å²) < 4.78 is 10.8. The Balaban J connectivity index is 1.74. The van der Waals surface area contributed by atoms with Crippen molar-refractivity contribution in [1.29, 1.82) is 0 Å². The molecule has 1 heterocycles. The van der Waals surface area contributed by atoms with Gasteiger partial charge in [-0.2, -0.15) is 0 Å². The molecule has 2 aromatic rings. The van der Waals surface area contributed by atoms with E-state index in [1.54, 1.807) is 36.4 Å². The van der Waals surface area contributed by atoms with E-state index in [1.165, 1.54) is 12.1 Å². The van der Waals surface area contributed by atoms with Crippen molar-refractivity contribution in [3.63, 3.8) is 0 Å². The van der Waals surface area contributed by atoms with Crippen molar-refractivity contribution in [3.05, 3.63) is 58.6 Å². The van der Waals surface area contributed by atoms with Gasteiger partial charge in [0.2, 0.25) is 6.29 Å². The van der Waals surface area contributed by atoms with Crippen LogP contribution in [0.15, 0.2) is 48.5 Å². The first-order valence-electron chi connectivity index (χ1n) is 8.23. The molecule has 3 rings (SSSR count). The molecule has 2 aromatic carbocycles. The number of non-ortho nitro benzene ring substituents is 1. The molecule has 9 heteroatoms. The lowest BCUT2D eigenvalue weighted by atomic mass is 9.99. The Hall–Kier alpha value is -2.56. The second-order valence-corrected chi connectivity index (χ2v) is 6.15. The van der Waals surface area contributed by atoms with Crippen molar-refractivity contribution in [2.24, 2.45) is 0 Å². The van der Waals surface area contributed by atoms with Gasteiger partial charge in [0, 0.05) is 12.1 Å². The number of hydrogen-bond donors (Lipinski definition) is 4. The average molecular weight is 377 g/mol. The third-order valence-corrected chi connectivity index (χ3v) is 4.35. The summed E-state index contributed by atoms with van der Waals surface area (Å²) in [5, 5.41) is 49.6. The smallest absolute Gasteiger partial charge is 0.270 e. The van der Waals surface area contributed by atoms with Crippen LogP contribution >= 0.6 is 0 Å². The lowest BCUT2D eigenvalue weighted by Crippen LogP contribution is -2.60. The molecule has 9 nitrogen and oxygen atoms in total. The van der Waals surface area contributed by atoms with Crippen molar-refractivity contribution >= 4 is 5.69 Å². The topological polar surface area (TPSA) is 143 Å². The van der Waals surface area contributed by atoms with Gasteiger partial charge in [-0.15, -0.1) is 0 Å². The van der Waals surface area contributed by atoms with Crippen molar-refractivity contribution in [2.45, 2.75) is 30.7 Å². The average Bonchev–Trinajstić information content (AvgIpc) is 2.69. The minimum absolute atomic E-state index is 0.0193. The predicted molar refractivity (Wildman–Crippen MR) is 92.9 cm³/mol. The molecular formula is C18H19NO8. The number of ether oxygens (including phenoxy) is 2. The fourth-order valence-corrected chi connectivity index (χ4v) is 2.82. The summed E-state index contributed by atoms with van der Waals surface area (Å²) in [5.41, 5.74) is 1.36. The fraction of sp³-hybridized carbons (Fsp3) is 0.333. The maximum atomic E-state index is 10.9. The summed E-state index contributed by atoms with van der Waals surface area (Å²) in [6.45, 7) is -0.545. The maximum Gasteiger partial charge on any atom is 0.270 e. The van der Waals surface area contributed by atoms with Crippen LogP contribution in [0.3, 0.4) is 0 Å². The monoisotopic (exact) mass is 377 g/mol. The normalized spacial score (nSPS) is 27.9. The van der Waals surface area contributed by atoms with Crippen molar-refractivity contribution in [1.82, 2.24) is 0 Å². The summed E-state index contributed by atoms with van der Waals surface area (Å²) in [7, 11) is 0. The van der Waals surface area contributed by atoms with Crippen LogP contribution in [0.4, 0.5) is 5.69 Å². The molecule has 0 unspecified atom stereocenters. The Morgan fingerprint density at radius 1 is 1.00 bits per heavy atom. The number of nitro groups is 1. The van der Waals surface area contributed by atoms with Gasteiger partial charge in [-0.25, -0.2) is 0 Å². The summed E-state index contributed by atoms with van der Waals surface area (Å²) in [4.78, 5) is 10.4. The SMILES string of the molecule is O=[N+]([O-])c1cccc(-c2ccc(O[C@H]3O[C@H](CO)[C@@H](O)[C@H](O)[C@@H]3O)cc2)c1. The predicted octanol–water partition coefficient (Wildman–Crippen LogP) is 0.440. The Labute approximate surface area is 154 Å².